The molecule has 0 amide bonds. The summed E-state index contributed by atoms with van der Waals surface area (Å²) in [5, 5.41) is 13.3. The summed E-state index contributed by atoms with van der Waals surface area (Å²) in [6.45, 7) is 3.15. The number of carbonyl (C=O) groups is 1. The number of rotatable bonds is 6. The Kier molecular flexibility index (Phi) is 5.13. The summed E-state index contributed by atoms with van der Waals surface area (Å²) < 4.78 is 21.8. The number of sulfone groups is 1. The smallest absolute Gasteiger partial charge is 0.324 e. The molecule has 24 heavy (non-hydrogen) atoms. The molecule has 0 aliphatic carbocycles. The molecule has 0 aromatic heterocycles. The van der Waals surface area contributed by atoms with Crippen molar-refractivity contribution in [3.8, 4) is 0 Å². The van der Waals surface area contributed by atoms with E-state index in [1.807, 2.05) is 43.3 Å². The summed E-state index contributed by atoms with van der Waals surface area (Å²) in [7, 11) is -3.78. The summed E-state index contributed by atoms with van der Waals surface area (Å²) in [6, 6.07) is 7.71. The molecule has 1 aromatic rings. The fourth-order valence-corrected chi connectivity index (χ4v) is 3.32. The Labute approximate surface area is 141 Å². The van der Waals surface area contributed by atoms with E-state index in [1.54, 1.807) is 0 Å². The summed E-state index contributed by atoms with van der Waals surface area (Å²) in [5.41, 5.74) is 2.63. The van der Waals surface area contributed by atoms with E-state index in [9.17, 15) is 18.3 Å². The number of hydrogen-bond acceptors (Lipinski definition) is 5. The second-order valence-corrected chi connectivity index (χ2v) is 8.55. The van der Waals surface area contributed by atoms with Crippen molar-refractivity contribution in [3.63, 3.8) is 0 Å². The van der Waals surface area contributed by atoms with Gasteiger partial charge in [0.15, 0.2) is 14.6 Å². The van der Waals surface area contributed by atoms with Gasteiger partial charge in [0, 0.05) is 19.1 Å². The van der Waals surface area contributed by atoms with Gasteiger partial charge in [-0.05, 0) is 25.0 Å². The van der Waals surface area contributed by atoms with Gasteiger partial charge in [0.2, 0.25) is 0 Å². The van der Waals surface area contributed by atoms with Crippen LogP contribution in [-0.2, 0) is 19.5 Å². The zero-order valence-electron chi connectivity index (χ0n) is 13.9. The first-order valence-corrected chi connectivity index (χ1v) is 9.45. The molecule has 0 fully saturated rings. The molecule has 0 unspecified atom stereocenters. The van der Waals surface area contributed by atoms with E-state index in [2.05, 4.69) is 5.16 Å². The van der Waals surface area contributed by atoms with Crippen molar-refractivity contribution >= 4 is 27.6 Å². The highest BCUT2D eigenvalue weighted by atomic mass is 32.2. The molecule has 0 spiro atoms. The number of nitrogens with zero attached hydrogens (tertiary/aromatic N) is 1. The van der Waals surface area contributed by atoms with Gasteiger partial charge in [0.25, 0.3) is 0 Å². The van der Waals surface area contributed by atoms with E-state index in [0.29, 0.717) is 12.1 Å². The predicted octanol–water partition coefficient (Wildman–Crippen LogP) is 2.49. The Morgan fingerprint density at radius 2 is 2.04 bits per heavy atom. The quantitative estimate of drug-likeness (QED) is 0.850. The lowest BCUT2D eigenvalue weighted by molar-refractivity contribution is -0.140. The maximum atomic E-state index is 11.9. The van der Waals surface area contributed by atoms with Gasteiger partial charge in [-0.3, -0.25) is 4.79 Å². The van der Waals surface area contributed by atoms with Crippen LogP contribution in [0, 0.1) is 0 Å². The number of benzene rings is 1. The lowest BCUT2D eigenvalue weighted by Gasteiger charge is -2.24. The fourth-order valence-electron chi connectivity index (χ4n) is 2.52. The molecule has 2 rings (SSSR count). The Morgan fingerprint density at radius 1 is 1.42 bits per heavy atom. The fraction of sp³-hybridized carbons (Fsp3) is 0.412. The summed E-state index contributed by atoms with van der Waals surface area (Å²) >= 11 is 0. The second kappa shape index (κ2) is 6.76. The van der Waals surface area contributed by atoms with Gasteiger partial charge in [0.05, 0.1) is 5.71 Å². The predicted molar refractivity (Wildman–Crippen MR) is 92.7 cm³/mol. The van der Waals surface area contributed by atoms with Crippen LogP contribution < -0.4 is 0 Å². The van der Waals surface area contributed by atoms with Gasteiger partial charge in [-0.1, -0.05) is 41.6 Å². The number of aliphatic carboxylic acids is 1. The average molecular weight is 351 g/mol. The minimum absolute atomic E-state index is 0.148. The van der Waals surface area contributed by atoms with E-state index in [1.165, 1.54) is 6.92 Å². The van der Waals surface area contributed by atoms with Crippen LogP contribution >= 0.6 is 0 Å². The summed E-state index contributed by atoms with van der Waals surface area (Å²) in [6.07, 6.45) is 4.50. The number of oxime groups is 1. The largest absolute Gasteiger partial charge is 0.480 e. The van der Waals surface area contributed by atoms with Crippen molar-refractivity contribution in [1.82, 2.24) is 0 Å². The first kappa shape index (κ1) is 18.2. The van der Waals surface area contributed by atoms with Crippen LogP contribution in [0.5, 0.6) is 0 Å². The van der Waals surface area contributed by atoms with E-state index in [0.717, 1.165) is 17.4 Å². The van der Waals surface area contributed by atoms with Crippen molar-refractivity contribution in [3.05, 3.63) is 41.5 Å². The minimum atomic E-state index is -3.78. The number of carboxylic acids is 1. The maximum Gasteiger partial charge on any atom is 0.324 e. The third-order valence-electron chi connectivity index (χ3n) is 4.22. The Hall–Kier alpha value is -2.15. The maximum absolute atomic E-state index is 11.9. The van der Waals surface area contributed by atoms with Crippen LogP contribution in [0.15, 0.2) is 35.5 Å². The molecule has 1 N–H and O–H groups in total. The lowest BCUT2D eigenvalue weighted by atomic mass is 9.97. The van der Waals surface area contributed by atoms with Crippen molar-refractivity contribution in [1.29, 1.82) is 0 Å². The molecular formula is C17H21NO5S. The normalized spacial score (nSPS) is 20.5. The SMILES string of the molecule is C/C=C/c1ccc(C2=NO[C@@H](C[C@](C)(C(=O)O)S(C)(=O)=O)C2)cc1. The summed E-state index contributed by atoms with van der Waals surface area (Å²) in [5.74, 6) is -1.38. The van der Waals surface area contributed by atoms with E-state index < -0.39 is 26.7 Å². The molecule has 0 saturated carbocycles. The third-order valence-corrected chi connectivity index (χ3v) is 6.20. The van der Waals surface area contributed by atoms with E-state index in [4.69, 9.17) is 4.84 Å². The van der Waals surface area contributed by atoms with Crippen molar-refractivity contribution in [2.75, 3.05) is 6.26 Å². The van der Waals surface area contributed by atoms with Crippen molar-refractivity contribution in [2.24, 2.45) is 5.16 Å². The third kappa shape index (κ3) is 3.67. The Bertz CT molecular complexity index is 780. The minimum Gasteiger partial charge on any atom is -0.480 e. The molecule has 0 radical (unpaired) electrons. The van der Waals surface area contributed by atoms with Gasteiger partial charge >= 0.3 is 5.97 Å². The van der Waals surface area contributed by atoms with Gasteiger partial charge in [-0.2, -0.15) is 0 Å². The average Bonchev–Trinajstić information content (AvgIpc) is 2.95. The molecule has 7 heteroatoms. The highest BCUT2D eigenvalue weighted by Gasteiger charge is 2.47. The molecule has 6 nitrogen and oxygen atoms in total. The second-order valence-electron chi connectivity index (χ2n) is 6.10. The van der Waals surface area contributed by atoms with Gasteiger partial charge in [-0.15, -0.1) is 0 Å². The Balaban J connectivity index is 2.10. The topological polar surface area (TPSA) is 93.0 Å². The van der Waals surface area contributed by atoms with Crippen LogP contribution in [0.25, 0.3) is 6.08 Å². The molecule has 1 aliphatic rings. The molecule has 1 heterocycles. The van der Waals surface area contributed by atoms with Crippen LogP contribution in [0.2, 0.25) is 0 Å². The summed E-state index contributed by atoms with van der Waals surface area (Å²) in [4.78, 5) is 16.7. The highest BCUT2D eigenvalue weighted by Crippen LogP contribution is 2.29. The molecule has 130 valence electrons. The Morgan fingerprint density at radius 3 is 2.54 bits per heavy atom. The lowest BCUT2D eigenvalue weighted by Crippen LogP contribution is -2.45. The molecule has 1 aromatic carbocycles. The molecule has 2 atom stereocenters. The number of hydrogen-bond donors (Lipinski definition) is 1. The van der Waals surface area contributed by atoms with Gasteiger partial charge < -0.3 is 9.94 Å². The number of carboxylic acid groups (broad SMARTS) is 1. The molecule has 1 aliphatic heterocycles. The van der Waals surface area contributed by atoms with Crippen LogP contribution in [0.4, 0.5) is 0 Å². The van der Waals surface area contributed by atoms with Crippen LogP contribution in [-0.4, -0.2) is 42.3 Å². The van der Waals surface area contributed by atoms with E-state index in [-0.39, 0.29) is 6.42 Å². The van der Waals surface area contributed by atoms with Gasteiger partial charge in [-0.25, -0.2) is 8.42 Å². The standard InChI is InChI=1S/C17H21NO5S/c1-4-5-12-6-8-13(9-7-12)15-10-14(23-18-15)11-17(2,16(19)20)24(3,21)22/h4-9,14H,10-11H2,1-3H3,(H,19,20)/b5-4+/t14-,17-/m1/s1. The first-order valence-electron chi connectivity index (χ1n) is 7.56. The molecular weight excluding hydrogens is 330 g/mol. The highest BCUT2D eigenvalue weighted by molar-refractivity contribution is 7.92. The van der Waals surface area contributed by atoms with E-state index >= 15 is 0 Å². The molecule has 0 saturated heterocycles. The van der Waals surface area contributed by atoms with Crippen LogP contribution in [0.3, 0.4) is 0 Å². The number of allylic oxidation sites excluding steroid dienone is 1. The zero-order valence-corrected chi connectivity index (χ0v) is 14.7. The van der Waals surface area contributed by atoms with Crippen molar-refractivity contribution < 1.29 is 23.2 Å². The molecule has 0 bridgehead atoms. The van der Waals surface area contributed by atoms with Gasteiger partial charge in [0.1, 0.15) is 6.10 Å². The first-order chi connectivity index (χ1) is 11.2. The van der Waals surface area contributed by atoms with Crippen molar-refractivity contribution in [2.45, 2.75) is 37.5 Å². The zero-order chi connectivity index (χ0) is 18.0. The monoisotopic (exact) mass is 351 g/mol. The van der Waals surface area contributed by atoms with Crippen LogP contribution in [0.1, 0.15) is 37.8 Å².